The number of halogens is 1. The number of sulfonamides is 1. The molecule has 3 rings (SSSR count). The molecule has 0 radical (unpaired) electrons. The van der Waals surface area contributed by atoms with E-state index >= 15 is 0 Å². The number of nitro benzene ring substituents is 1. The molecule has 2 aromatic rings. The summed E-state index contributed by atoms with van der Waals surface area (Å²) in [5.41, 5.74) is 2.17. The van der Waals surface area contributed by atoms with E-state index < -0.39 is 25.5 Å². The zero-order valence-corrected chi connectivity index (χ0v) is 13.5. The van der Waals surface area contributed by atoms with Crippen LogP contribution in [0.3, 0.4) is 0 Å². The fourth-order valence-corrected chi connectivity index (χ4v) is 4.08. The highest BCUT2D eigenvalue weighted by atomic mass is 35.5. The Kier molecular flexibility index (Phi) is 3.99. The summed E-state index contributed by atoms with van der Waals surface area (Å²) < 4.78 is 27.4. The van der Waals surface area contributed by atoms with Crippen LogP contribution in [0.5, 0.6) is 0 Å². The molecule has 120 valence electrons. The fraction of sp³-hybridized carbons (Fsp3) is 0.200. The molecule has 8 heteroatoms. The van der Waals surface area contributed by atoms with Gasteiger partial charge in [-0.15, -0.1) is 0 Å². The lowest BCUT2D eigenvalue weighted by Crippen LogP contribution is -2.15. The summed E-state index contributed by atoms with van der Waals surface area (Å²) in [5.74, 6) is 0. The second-order valence-electron chi connectivity index (χ2n) is 5.31. The van der Waals surface area contributed by atoms with Crippen LogP contribution in [0.15, 0.2) is 41.3 Å². The van der Waals surface area contributed by atoms with Gasteiger partial charge in [-0.2, -0.15) is 0 Å². The lowest BCUT2D eigenvalue weighted by molar-refractivity contribution is -0.387. The van der Waals surface area contributed by atoms with Crippen molar-refractivity contribution in [3.63, 3.8) is 0 Å². The van der Waals surface area contributed by atoms with Gasteiger partial charge in [-0.25, -0.2) is 8.42 Å². The van der Waals surface area contributed by atoms with Gasteiger partial charge in [0.05, 0.1) is 4.92 Å². The van der Waals surface area contributed by atoms with Crippen LogP contribution in [0.1, 0.15) is 17.5 Å². The third kappa shape index (κ3) is 3.16. The van der Waals surface area contributed by atoms with Crippen molar-refractivity contribution < 1.29 is 13.3 Å². The highest BCUT2D eigenvalue weighted by Gasteiger charge is 2.26. The van der Waals surface area contributed by atoms with Crippen LogP contribution in [-0.4, -0.2) is 13.3 Å². The number of rotatable bonds is 4. The van der Waals surface area contributed by atoms with Crippen molar-refractivity contribution in [3.8, 4) is 0 Å². The molecule has 1 N–H and O–H groups in total. The summed E-state index contributed by atoms with van der Waals surface area (Å²) in [6.45, 7) is 0. The molecule has 0 aliphatic heterocycles. The van der Waals surface area contributed by atoms with Crippen LogP contribution in [0, 0.1) is 10.1 Å². The Balaban J connectivity index is 1.98. The topological polar surface area (TPSA) is 89.3 Å². The molecule has 2 aromatic carbocycles. The van der Waals surface area contributed by atoms with E-state index in [2.05, 4.69) is 4.72 Å². The van der Waals surface area contributed by atoms with Crippen molar-refractivity contribution in [2.45, 2.75) is 24.2 Å². The first kappa shape index (κ1) is 15.8. The van der Waals surface area contributed by atoms with E-state index in [1.165, 1.54) is 11.6 Å². The largest absolute Gasteiger partial charge is 0.291 e. The van der Waals surface area contributed by atoms with Gasteiger partial charge in [0, 0.05) is 16.8 Å². The molecule has 0 heterocycles. The number of nitro groups is 1. The Labute approximate surface area is 138 Å². The number of benzene rings is 2. The van der Waals surface area contributed by atoms with Gasteiger partial charge in [0.15, 0.2) is 4.90 Å². The molecule has 0 spiro atoms. The second kappa shape index (κ2) is 5.82. The molecule has 0 bridgehead atoms. The van der Waals surface area contributed by atoms with E-state index in [0.717, 1.165) is 37.0 Å². The Morgan fingerprint density at radius 2 is 1.83 bits per heavy atom. The molecule has 1 aliphatic carbocycles. The van der Waals surface area contributed by atoms with E-state index in [4.69, 9.17) is 11.6 Å². The number of anilines is 1. The normalized spacial score (nSPS) is 13.6. The van der Waals surface area contributed by atoms with Gasteiger partial charge in [0.1, 0.15) is 0 Å². The molecule has 6 nitrogen and oxygen atoms in total. The summed E-state index contributed by atoms with van der Waals surface area (Å²) in [6, 6.07) is 8.81. The predicted molar refractivity (Wildman–Crippen MR) is 87.4 cm³/mol. The van der Waals surface area contributed by atoms with Gasteiger partial charge < -0.3 is 0 Å². The Hall–Kier alpha value is -2.12. The van der Waals surface area contributed by atoms with E-state index in [1.807, 2.05) is 6.07 Å². The number of hydrogen-bond acceptors (Lipinski definition) is 4. The van der Waals surface area contributed by atoms with Gasteiger partial charge in [0.2, 0.25) is 0 Å². The van der Waals surface area contributed by atoms with Crippen LogP contribution < -0.4 is 4.72 Å². The van der Waals surface area contributed by atoms with Gasteiger partial charge in [-0.1, -0.05) is 17.7 Å². The summed E-state index contributed by atoms with van der Waals surface area (Å²) in [7, 11) is -4.07. The highest BCUT2D eigenvalue weighted by Crippen LogP contribution is 2.30. The van der Waals surface area contributed by atoms with Crippen LogP contribution in [-0.2, 0) is 22.9 Å². The first-order valence-corrected chi connectivity index (χ1v) is 8.81. The maximum absolute atomic E-state index is 12.5. The molecule has 0 unspecified atom stereocenters. The molecule has 0 amide bonds. The standard InChI is InChI=1S/C15H13ClN2O4S/c16-12-5-7-15(14(9-12)18(19)20)23(21,22)17-13-6-4-10-2-1-3-11(10)8-13/h4-9,17H,1-3H2. The van der Waals surface area contributed by atoms with Gasteiger partial charge in [-0.05, 0) is 54.7 Å². The van der Waals surface area contributed by atoms with Crippen molar-refractivity contribution in [3.05, 3.63) is 62.7 Å². The van der Waals surface area contributed by atoms with Crippen molar-refractivity contribution in [2.24, 2.45) is 0 Å². The maximum atomic E-state index is 12.5. The summed E-state index contributed by atoms with van der Waals surface area (Å²) in [6.07, 6.45) is 2.95. The molecule has 0 saturated heterocycles. The third-order valence-electron chi connectivity index (χ3n) is 3.76. The monoisotopic (exact) mass is 352 g/mol. The highest BCUT2D eigenvalue weighted by molar-refractivity contribution is 7.92. The molecule has 0 aromatic heterocycles. The molecular formula is C15H13ClN2O4S. The summed E-state index contributed by atoms with van der Waals surface area (Å²) in [4.78, 5) is 9.91. The molecular weight excluding hydrogens is 340 g/mol. The van der Waals surface area contributed by atoms with Crippen LogP contribution in [0.2, 0.25) is 5.02 Å². The van der Waals surface area contributed by atoms with Crippen LogP contribution in [0.25, 0.3) is 0 Å². The Bertz CT molecular complexity index is 896. The van der Waals surface area contributed by atoms with E-state index in [1.54, 1.807) is 12.1 Å². The van der Waals surface area contributed by atoms with Crippen molar-refractivity contribution >= 4 is 33.0 Å². The Morgan fingerprint density at radius 1 is 1.09 bits per heavy atom. The fourth-order valence-electron chi connectivity index (χ4n) is 2.71. The average Bonchev–Trinajstić information content (AvgIpc) is 2.93. The number of fused-ring (bicyclic) bond motifs is 1. The molecule has 23 heavy (non-hydrogen) atoms. The van der Waals surface area contributed by atoms with E-state index in [0.29, 0.717) is 5.69 Å². The number of aryl methyl sites for hydroxylation is 2. The molecule has 0 saturated carbocycles. The minimum Gasteiger partial charge on any atom is -0.279 e. The number of nitrogens with one attached hydrogen (secondary N) is 1. The predicted octanol–water partition coefficient (Wildman–Crippen LogP) is 3.54. The second-order valence-corrected chi connectivity index (χ2v) is 7.40. The molecule has 0 fully saturated rings. The van der Waals surface area contributed by atoms with Gasteiger partial charge in [0.25, 0.3) is 15.7 Å². The molecule has 1 aliphatic rings. The third-order valence-corrected chi connectivity index (χ3v) is 5.42. The van der Waals surface area contributed by atoms with Crippen molar-refractivity contribution in [1.82, 2.24) is 0 Å². The van der Waals surface area contributed by atoms with Crippen LogP contribution >= 0.6 is 11.6 Å². The van der Waals surface area contributed by atoms with Gasteiger partial charge >= 0.3 is 0 Å². The van der Waals surface area contributed by atoms with E-state index in [9.17, 15) is 18.5 Å². The summed E-state index contributed by atoms with van der Waals surface area (Å²) in [5, 5.41) is 11.2. The first-order valence-electron chi connectivity index (χ1n) is 6.95. The smallest absolute Gasteiger partial charge is 0.279 e. The first-order chi connectivity index (χ1) is 10.9. The SMILES string of the molecule is O=[N+]([O-])c1cc(Cl)ccc1S(=O)(=O)Nc1ccc2c(c1)CCC2. The number of nitrogens with zero attached hydrogens (tertiary/aromatic N) is 1. The minimum atomic E-state index is -4.07. The van der Waals surface area contributed by atoms with Gasteiger partial charge in [-0.3, -0.25) is 14.8 Å². The quantitative estimate of drug-likeness (QED) is 0.673. The molecule has 0 atom stereocenters. The van der Waals surface area contributed by atoms with E-state index in [-0.39, 0.29) is 5.02 Å². The van der Waals surface area contributed by atoms with Crippen molar-refractivity contribution in [1.29, 1.82) is 0 Å². The lowest BCUT2D eigenvalue weighted by atomic mass is 10.1. The van der Waals surface area contributed by atoms with Crippen LogP contribution in [0.4, 0.5) is 11.4 Å². The zero-order valence-electron chi connectivity index (χ0n) is 12.0. The Morgan fingerprint density at radius 3 is 2.57 bits per heavy atom. The number of hydrogen-bond donors (Lipinski definition) is 1. The maximum Gasteiger partial charge on any atom is 0.291 e. The minimum absolute atomic E-state index is 0.105. The lowest BCUT2D eigenvalue weighted by Gasteiger charge is -2.10. The zero-order chi connectivity index (χ0) is 16.6. The average molecular weight is 353 g/mol. The summed E-state index contributed by atoms with van der Waals surface area (Å²) >= 11 is 5.72. The van der Waals surface area contributed by atoms with Crippen molar-refractivity contribution in [2.75, 3.05) is 4.72 Å².